The van der Waals surface area contributed by atoms with Gasteiger partial charge in [0.05, 0.1) is 0 Å². The number of nitrogens with two attached hydrogens (primary N) is 1. The second kappa shape index (κ2) is 2.26. The summed E-state index contributed by atoms with van der Waals surface area (Å²) in [6.45, 7) is 0. The summed E-state index contributed by atoms with van der Waals surface area (Å²) in [5.74, 6) is -0.834. The fourth-order valence-corrected chi connectivity index (χ4v) is 1.28. The van der Waals surface area contributed by atoms with Crippen LogP contribution in [0.1, 0.15) is 18.4 Å². The molecule has 1 aromatic carbocycles. The summed E-state index contributed by atoms with van der Waals surface area (Å²) < 4.78 is 25.7. The van der Waals surface area contributed by atoms with Crippen LogP contribution in [0, 0.1) is 11.6 Å². The van der Waals surface area contributed by atoms with Gasteiger partial charge in [0.2, 0.25) is 0 Å². The molecule has 0 aliphatic heterocycles. The number of hydrogen-bond donors (Lipinski definition) is 1. The van der Waals surface area contributed by atoms with E-state index in [9.17, 15) is 8.78 Å². The Balaban J connectivity index is 2.48. The van der Waals surface area contributed by atoms with Crippen LogP contribution in [0.15, 0.2) is 18.2 Å². The lowest BCUT2D eigenvalue weighted by molar-refractivity contribution is 0.558. The maximum Gasteiger partial charge on any atom is 0.128 e. The van der Waals surface area contributed by atoms with Crippen molar-refractivity contribution in [1.82, 2.24) is 0 Å². The molecule has 1 fully saturated rings. The molecule has 0 heterocycles. The van der Waals surface area contributed by atoms with Crippen molar-refractivity contribution in [3.63, 3.8) is 0 Å². The van der Waals surface area contributed by atoms with Gasteiger partial charge in [-0.1, -0.05) is 0 Å². The standard InChI is InChI=1S/C9H9F2N/c10-6-1-2-8(11)7(5-6)9(12)3-4-9/h1-2,5H,3-4,12H2. The van der Waals surface area contributed by atoms with Crippen molar-refractivity contribution in [2.75, 3.05) is 0 Å². The first-order chi connectivity index (χ1) is 5.62. The van der Waals surface area contributed by atoms with E-state index >= 15 is 0 Å². The molecule has 0 bridgehead atoms. The number of benzene rings is 1. The summed E-state index contributed by atoms with van der Waals surface area (Å²) in [6.07, 6.45) is 1.49. The van der Waals surface area contributed by atoms with Gasteiger partial charge >= 0.3 is 0 Å². The molecule has 1 aliphatic carbocycles. The summed E-state index contributed by atoms with van der Waals surface area (Å²) in [6, 6.07) is 3.41. The van der Waals surface area contributed by atoms with Gasteiger partial charge in [-0.3, -0.25) is 0 Å². The molecule has 2 rings (SSSR count). The molecule has 1 aliphatic rings. The molecular formula is C9H9F2N. The Hall–Kier alpha value is -0.960. The lowest BCUT2D eigenvalue weighted by Crippen LogP contribution is -2.20. The molecule has 0 spiro atoms. The van der Waals surface area contributed by atoms with E-state index in [2.05, 4.69) is 0 Å². The smallest absolute Gasteiger partial charge is 0.128 e. The zero-order valence-electron chi connectivity index (χ0n) is 6.48. The first-order valence-corrected chi connectivity index (χ1v) is 3.86. The van der Waals surface area contributed by atoms with Gasteiger partial charge in [0.25, 0.3) is 0 Å². The molecule has 1 nitrogen and oxygen atoms in total. The van der Waals surface area contributed by atoms with E-state index in [0.29, 0.717) is 5.56 Å². The summed E-state index contributed by atoms with van der Waals surface area (Å²) in [7, 11) is 0. The van der Waals surface area contributed by atoms with Gasteiger partial charge < -0.3 is 5.73 Å². The fraction of sp³-hybridized carbons (Fsp3) is 0.333. The highest BCUT2D eigenvalue weighted by atomic mass is 19.1. The topological polar surface area (TPSA) is 26.0 Å². The molecule has 0 amide bonds. The molecule has 3 heteroatoms. The molecular weight excluding hydrogens is 160 g/mol. The van der Waals surface area contributed by atoms with Crippen LogP contribution in [0.5, 0.6) is 0 Å². The van der Waals surface area contributed by atoms with Crippen molar-refractivity contribution in [3.05, 3.63) is 35.4 Å². The van der Waals surface area contributed by atoms with Crippen LogP contribution in [0.2, 0.25) is 0 Å². The SMILES string of the molecule is NC1(c2cc(F)ccc2F)CC1. The summed E-state index contributed by atoms with van der Waals surface area (Å²) in [4.78, 5) is 0. The molecule has 1 saturated carbocycles. The third kappa shape index (κ3) is 1.10. The highest BCUT2D eigenvalue weighted by Gasteiger charge is 2.42. The number of hydrogen-bond acceptors (Lipinski definition) is 1. The van der Waals surface area contributed by atoms with E-state index < -0.39 is 17.2 Å². The Kier molecular flexibility index (Phi) is 1.45. The van der Waals surface area contributed by atoms with Crippen molar-refractivity contribution in [1.29, 1.82) is 0 Å². The van der Waals surface area contributed by atoms with Crippen LogP contribution in [0.3, 0.4) is 0 Å². The molecule has 12 heavy (non-hydrogen) atoms. The third-order valence-electron chi connectivity index (χ3n) is 2.25. The van der Waals surface area contributed by atoms with E-state index in [1.807, 2.05) is 0 Å². The average Bonchev–Trinajstić information content (AvgIpc) is 2.75. The Morgan fingerprint density at radius 1 is 1.25 bits per heavy atom. The van der Waals surface area contributed by atoms with Crippen LogP contribution in [0.4, 0.5) is 8.78 Å². The zero-order valence-corrected chi connectivity index (χ0v) is 6.48. The minimum absolute atomic E-state index is 0.308. The molecule has 0 saturated heterocycles. The first kappa shape index (κ1) is 7.68. The van der Waals surface area contributed by atoms with Gasteiger partial charge in [-0.15, -0.1) is 0 Å². The Morgan fingerprint density at radius 3 is 2.50 bits per heavy atom. The van der Waals surface area contributed by atoms with Crippen molar-refractivity contribution < 1.29 is 8.78 Å². The minimum atomic E-state index is -0.591. The maximum atomic E-state index is 13.1. The third-order valence-corrected chi connectivity index (χ3v) is 2.25. The van der Waals surface area contributed by atoms with Gasteiger partial charge in [-0.2, -0.15) is 0 Å². The number of rotatable bonds is 1. The monoisotopic (exact) mass is 169 g/mol. The Morgan fingerprint density at radius 2 is 1.92 bits per heavy atom. The zero-order chi connectivity index (χ0) is 8.77. The lowest BCUT2D eigenvalue weighted by Gasteiger charge is -2.09. The summed E-state index contributed by atoms with van der Waals surface area (Å²) >= 11 is 0. The number of halogens is 2. The highest BCUT2D eigenvalue weighted by Crippen LogP contribution is 2.43. The Labute approximate surface area is 69.2 Å². The lowest BCUT2D eigenvalue weighted by atomic mass is 10.1. The fourth-order valence-electron chi connectivity index (χ4n) is 1.28. The average molecular weight is 169 g/mol. The van der Waals surface area contributed by atoms with Crippen molar-refractivity contribution in [2.45, 2.75) is 18.4 Å². The van der Waals surface area contributed by atoms with Gasteiger partial charge in [0, 0.05) is 11.1 Å². The first-order valence-electron chi connectivity index (χ1n) is 3.86. The highest BCUT2D eigenvalue weighted by molar-refractivity contribution is 5.31. The summed E-state index contributed by atoms with van der Waals surface area (Å²) in [5.41, 5.74) is 5.45. The summed E-state index contributed by atoms with van der Waals surface area (Å²) in [5, 5.41) is 0. The Bertz CT molecular complexity index is 318. The largest absolute Gasteiger partial charge is 0.321 e. The molecule has 0 aromatic heterocycles. The predicted octanol–water partition coefficient (Wildman–Crippen LogP) is 1.91. The van der Waals surface area contributed by atoms with Crippen molar-refractivity contribution >= 4 is 0 Å². The van der Waals surface area contributed by atoms with Gasteiger partial charge in [0.15, 0.2) is 0 Å². The van der Waals surface area contributed by atoms with Gasteiger partial charge in [-0.05, 0) is 31.0 Å². The van der Waals surface area contributed by atoms with Crippen LogP contribution in [-0.2, 0) is 5.54 Å². The predicted molar refractivity (Wildman–Crippen MR) is 41.5 cm³/mol. The second-order valence-corrected chi connectivity index (χ2v) is 3.28. The van der Waals surface area contributed by atoms with E-state index in [1.165, 1.54) is 6.07 Å². The van der Waals surface area contributed by atoms with Gasteiger partial charge in [-0.25, -0.2) is 8.78 Å². The second-order valence-electron chi connectivity index (χ2n) is 3.28. The van der Waals surface area contributed by atoms with E-state index in [-0.39, 0.29) is 0 Å². The molecule has 0 atom stereocenters. The van der Waals surface area contributed by atoms with Crippen LogP contribution < -0.4 is 5.73 Å². The van der Waals surface area contributed by atoms with E-state index in [0.717, 1.165) is 25.0 Å². The molecule has 0 radical (unpaired) electrons. The minimum Gasteiger partial charge on any atom is -0.321 e. The van der Waals surface area contributed by atoms with Crippen molar-refractivity contribution in [2.24, 2.45) is 5.73 Å². The van der Waals surface area contributed by atoms with E-state index in [1.54, 1.807) is 0 Å². The van der Waals surface area contributed by atoms with E-state index in [4.69, 9.17) is 5.73 Å². The quantitative estimate of drug-likeness (QED) is 0.682. The maximum absolute atomic E-state index is 13.1. The van der Waals surface area contributed by atoms with Crippen LogP contribution >= 0.6 is 0 Å². The van der Waals surface area contributed by atoms with Crippen LogP contribution in [0.25, 0.3) is 0 Å². The normalized spacial score (nSPS) is 19.2. The molecule has 0 unspecified atom stereocenters. The molecule has 1 aromatic rings. The molecule has 2 N–H and O–H groups in total. The van der Waals surface area contributed by atoms with Gasteiger partial charge in [0.1, 0.15) is 11.6 Å². The molecule has 64 valence electrons. The van der Waals surface area contributed by atoms with Crippen molar-refractivity contribution in [3.8, 4) is 0 Å². The van der Waals surface area contributed by atoms with Crippen LogP contribution in [-0.4, -0.2) is 0 Å².